The Morgan fingerprint density at radius 1 is 1.71 bits per heavy atom. The van der Waals surface area contributed by atoms with Crippen molar-refractivity contribution in [2.45, 2.75) is 31.8 Å². The van der Waals surface area contributed by atoms with Crippen LogP contribution >= 0.6 is 11.6 Å². The first kappa shape index (κ1) is 11.6. The van der Waals surface area contributed by atoms with E-state index in [-0.39, 0.29) is 6.07 Å². The van der Waals surface area contributed by atoms with Crippen LogP contribution in [0, 0.1) is 0 Å². The fraction of sp³-hybridized carbons (Fsp3) is 0.889. The first-order chi connectivity index (χ1) is 6.61. The van der Waals surface area contributed by atoms with E-state index in [9.17, 15) is 9.90 Å². The smallest absolute Gasteiger partial charge is 0.411 e. The summed E-state index contributed by atoms with van der Waals surface area (Å²) in [7, 11) is 0. The van der Waals surface area contributed by atoms with E-state index in [2.05, 4.69) is 4.74 Å². The molecule has 1 rings (SSSR count). The van der Waals surface area contributed by atoms with Crippen LogP contribution in [0.5, 0.6) is 0 Å². The van der Waals surface area contributed by atoms with E-state index in [0.29, 0.717) is 19.5 Å². The number of hydrogen-bond donors (Lipinski definition) is 1. The third-order valence-electron chi connectivity index (χ3n) is 2.65. The number of β-amino-alcohol motifs (C(OH)–C–C–N with tert-alkyl or cyclic N) is 1. The van der Waals surface area contributed by atoms with Crippen LogP contribution in [-0.2, 0) is 4.74 Å². The lowest BCUT2D eigenvalue weighted by atomic mass is 9.91. The minimum absolute atomic E-state index is 0.139. The zero-order valence-corrected chi connectivity index (χ0v) is 9.09. The Bertz CT molecular complexity index is 212. The summed E-state index contributed by atoms with van der Waals surface area (Å²) < 4.78 is 4.66. The number of piperidine rings is 1. The van der Waals surface area contributed by atoms with Gasteiger partial charge in [0.1, 0.15) is 0 Å². The summed E-state index contributed by atoms with van der Waals surface area (Å²) in [6.45, 7) is 2.90. The van der Waals surface area contributed by atoms with E-state index < -0.39 is 11.7 Å². The number of alkyl halides is 1. The largest absolute Gasteiger partial charge is 0.433 e. The highest BCUT2D eigenvalue weighted by molar-refractivity contribution is 6.17. The molecule has 1 unspecified atom stereocenters. The van der Waals surface area contributed by atoms with Crippen LogP contribution < -0.4 is 0 Å². The number of carbonyl (C=O) groups excluding carboxylic acids is 1. The molecule has 0 aliphatic carbocycles. The van der Waals surface area contributed by atoms with Crippen LogP contribution in [0.25, 0.3) is 0 Å². The average Bonchev–Trinajstić information content (AvgIpc) is 2.18. The van der Waals surface area contributed by atoms with Crippen molar-refractivity contribution in [1.29, 1.82) is 0 Å². The number of halogens is 1. The number of carbonyl (C=O) groups is 1. The maximum atomic E-state index is 11.3. The minimum Gasteiger partial charge on any atom is -0.433 e. The maximum absolute atomic E-state index is 11.3. The highest BCUT2D eigenvalue weighted by atomic mass is 35.5. The van der Waals surface area contributed by atoms with Crippen LogP contribution in [0.1, 0.15) is 26.2 Å². The Morgan fingerprint density at radius 2 is 2.43 bits per heavy atom. The van der Waals surface area contributed by atoms with Gasteiger partial charge in [-0.2, -0.15) is 0 Å². The first-order valence-electron chi connectivity index (χ1n) is 4.81. The Morgan fingerprint density at radius 3 is 3.00 bits per heavy atom. The molecule has 1 amide bonds. The molecule has 0 aromatic heterocycles. The molecule has 0 radical (unpaired) electrons. The molecule has 0 aromatic rings. The molecule has 5 heteroatoms. The summed E-state index contributed by atoms with van der Waals surface area (Å²) in [4.78, 5) is 12.8. The second-order valence-electron chi connectivity index (χ2n) is 3.62. The van der Waals surface area contributed by atoms with Crippen molar-refractivity contribution < 1.29 is 14.6 Å². The molecule has 0 saturated carbocycles. The van der Waals surface area contributed by atoms with Crippen LogP contribution in [-0.4, -0.2) is 40.9 Å². The molecule has 1 N–H and O–H groups in total. The number of likely N-dealkylation sites (tertiary alicyclic amines) is 1. The monoisotopic (exact) mass is 221 g/mol. The van der Waals surface area contributed by atoms with Crippen molar-refractivity contribution in [2.24, 2.45) is 0 Å². The van der Waals surface area contributed by atoms with E-state index in [1.54, 1.807) is 0 Å². The Labute approximate surface area is 88.8 Å². The molecule has 1 aliphatic rings. The van der Waals surface area contributed by atoms with Gasteiger partial charge in [-0.05, 0) is 19.3 Å². The van der Waals surface area contributed by atoms with E-state index >= 15 is 0 Å². The Balaban J connectivity index is 2.51. The standard InChI is InChI=1S/C9H16ClNO3/c1-2-9(13)4-3-5-11(6-9)8(12)14-7-10/h13H,2-7H2,1H3. The van der Waals surface area contributed by atoms with Gasteiger partial charge >= 0.3 is 6.09 Å². The highest BCUT2D eigenvalue weighted by Crippen LogP contribution is 2.24. The van der Waals surface area contributed by atoms with Crippen molar-refractivity contribution in [3.05, 3.63) is 0 Å². The van der Waals surface area contributed by atoms with Gasteiger partial charge < -0.3 is 14.7 Å². The molecule has 1 heterocycles. The van der Waals surface area contributed by atoms with Gasteiger partial charge in [-0.25, -0.2) is 4.79 Å². The minimum atomic E-state index is -0.746. The molecule has 4 nitrogen and oxygen atoms in total. The van der Waals surface area contributed by atoms with Gasteiger partial charge in [-0.3, -0.25) is 0 Å². The molecule has 1 fully saturated rings. The summed E-state index contributed by atoms with van der Waals surface area (Å²) in [5, 5.41) is 9.99. The summed E-state index contributed by atoms with van der Waals surface area (Å²) in [6.07, 6.45) is 1.76. The number of amides is 1. The summed E-state index contributed by atoms with van der Waals surface area (Å²) in [6, 6.07) is -0.139. The normalized spacial score (nSPS) is 27.5. The Kier molecular flexibility index (Phi) is 4.01. The third kappa shape index (κ3) is 2.75. The van der Waals surface area contributed by atoms with Crippen molar-refractivity contribution in [3.63, 3.8) is 0 Å². The average molecular weight is 222 g/mol. The molecule has 0 aromatic carbocycles. The van der Waals surface area contributed by atoms with Crippen molar-refractivity contribution in [1.82, 2.24) is 4.90 Å². The summed E-state index contributed by atoms with van der Waals surface area (Å²) in [5.41, 5.74) is -0.746. The van der Waals surface area contributed by atoms with Gasteiger partial charge in [0.2, 0.25) is 0 Å². The number of rotatable bonds is 2. The quantitative estimate of drug-likeness (QED) is 0.720. The third-order valence-corrected chi connectivity index (χ3v) is 2.76. The number of nitrogens with zero attached hydrogens (tertiary/aromatic N) is 1. The lowest BCUT2D eigenvalue weighted by Crippen LogP contribution is -2.50. The van der Waals surface area contributed by atoms with E-state index in [4.69, 9.17) is 11.6 Å². The van der Waals surface area contributed by atoms with Crippen molar-refractivity contribution in [2.75, 3.05) is 19.2 Å². The molecule has 14 heavy (non-hydrogen) atoms. The van der Waals surface area contributed by atoms with Crippen LogP contribution in [0.15, 0.2) is 0 Å². The lowest BCUT2D eigenvalue weighted by Gasteiger charge is -2.37. The first-order valence-corrected chi connectivity index (χ1v) is 5.35. The zero-order chi connectivity index (χ0) is 10.6. The predicted molar refractivity (Wildman–Crippen MR) is 53.2 cm³/mol. The fourth-order valence-electron chi connectivity index (χ4n) is 1.69. The second-order valence-corrected chi connectivity index (χ2v) is 3.84. The molecule has 1 aliphatic heterocycles. The number of hydrogen-bond acceptors (Lipinski definition) is 3. The fourth-order valence-corrected chi connectivity index (χ4v) is 1.79. The predicted octanol–water partition coefficient (Wildman–Crippen LogP) is 1.56. The highest BCUT2D eigenvalue weighted by Gasteiger charge is 2.34. The molecule has 82 valence electrons. The van der Waals surface area contributed by atoms with Gasteiger partial charge in [-0.1, -0.05) is 18.5 Å². The Hall–Kier alpha value is -0.480. The molecule has 1 atom stereocenters. The van der Waals surface area contributed by atoms with Gasteiger partial charge in [0, 0.05) is 6.54 Å². The van der Waals surface area contributed by atoms with E-state index in [0.717, 1.165) is 12.8 Å². The molecule has 0 spiro atoms. The number of aliphatic hydroxyl groups is 1. The van der Waals surface area contributed by atoms with Crippen LogP contribution in [0.2, 0.25) is 0 Å². The molecular weight excluding hydrogens is 206 g/mol. The lowest BCUT2D eigenvalue weighted by molar-refractivity contribution is -0.0303. The molecule has 1 saturated heterocycles. The molecule has 0 bridgehead atoms. The van der Waals surface area contributed by atoms with Crippen molar-refractivity contribution in [3.8, 4) is 0 Å². The van der Waals surface area contributed by atoms with Gasteiger partial charge in [0.15, 0.2) is 6.07 Å². The van der Waals surface area contributed by atoms with Gasteiger partial charge in [-0.15, -0.1) is 0 Å². The molecular formula is C9H16ClNO3. The SMILES string of the molecule is CCC1(O)CCCN(C(=O)OCCl)C1. The van der Waals surface area contributed by atoms with Gasteiger partial charge in [0.25, 0.3) is 0 Å². The maximum Gasteiger partial charge on any atom is 0.411 e. The van der Waals surface area contributed by atoms with Crippen LogP contribution in [0.4, 0.5) is 4.79 Å². The topological polar surface area (TPSA) is 49.8 Å². The van der Waals surface area contributed by atoms with E-state index in [1.807, 2.05) is 6.92 Å². The number of ether oxygens (including phenoxy) is 1. The second kappa shape index (κ2) is 4.84. The van der Waals surface area contributed by atoms with Crippen LogP contribution in [0.3, 0.4) is 0 Å². The van der Waals surface area contributed by atoms with E-state index in [1.165, 1.54) is 4.90 Å². The summed E-state index contributed by atoms with van der Waals surface area (Å²) >= 11 is 5.29. The summed E-state index contributed by atoms with van der Waals surface area (Å²) in [5.74, 6) is 0. The van der Waals surface area contributed by atoms with Crippen molar-refractivity contribution >= 4 is 17.7 Å². The van der Waals surface area contributed by atoms with Gasteiger partial charge in [0.05, 0.1) is 12.1 Å². The zero-order valence-electron chi connectivity index (χ0n) is 8.33.